The van der Waals surface area contributed by atoms with E-state index in [4.69, 9.17) is 15.5 Å². The molecule has 0 unspecified atom stereocenters. The predicted octanol–water partition coefficient (Wildman–Crippen LogP) is 3.02. The second kappa shape index (κ2) is 4.48. The molecule has 3 aromatic rings. The topological polar surface area (TPSA) is 66.0 Å². The Labute approximate surface area is 122 Å². The van der Waals surface area contributed by atoms with Gasteiger partial charge in [0.25, 0.3) is 0 Å². The van der Waals surface area contributed by atoms with E-state index in [9.17, 15) is 0 Å². The minimum absolute atomic E-state index is 0.526. The molecule has 1 aliphatic carbocycles. The van der Waals surface area contributed by atoms with Crippen molar-refractivity contribution < 1.29 is 4.74 Å². The largest absolute Gasteiger partial charge is 0.497 e. The number of imidazole rings is 1. The number of rotatable bonds is 3. The van der Waals surface area contributed by atoms with Crippen molar-refractivity contribution in [2.45, 2.75) is 18.9 Å². The van der Waals surface area contributed by atoms with Crippen LogP contribution in [0, 0.1) is 0 Å². The number of methoxy groups -OCH3 is 1. The highest BCUT2D eigenvalue weighted by Crippen LogP contribution is 2.41. The van der Waals surface area contributed by atoms with Gasteiger partial charge in [-0.2, -0.15) is 0 Å². The fourth-order valence-corrected chi connectivity index (χ4v) is 2.63. The second-order valence-electron chi connectivity index (χ2n) is 5.37. The van der Waals surface area contributed by atoms with Crippen LogP contribution in [0.15, 0.2) is 36.5 Å². The van der Waals surface area contributed by atoms with Crippen molar-refractivity contribution in [1.82, 2.24) is 14.5 Å². The standard InChI is InChI=1S/C16H16N4O/c1-21-12-5-7-15-14(8-12)19-16(20(15)11-3-4-11)13-6-2-10(17)9-18-13/h2,5-9,11H,3-4,17H2,1H3. The number of nitrogens with zero attached hydrogens (tertiary/aromatic N) is 3. The number of hydrogen-bond acceptors (Lipinski definition) is 4. The monoisotopic (exact) mass is 280 g/mol. The van der Waals surface area contributed by atoms with E-state index in [1.807, 2.05) is 24.3 Å². The van der Waals surface area contributed by atoms with Gasteiger partial charge in [0, 0.05) is 12.1 Å². The zero-order valence-electron chi connectivity index (χ0n) is 11.8. The number of nitrogen functional groups attached to an aromatic ring is 1. The number of hydrogen-bond donors (Lipinski definition) is 1. The van der Waals surface area contributed by atoms with E-state index in [1.165, 1.54) is 12.8 Å². The Hall–Kier alpha value is -2.56. The molecule has 1 aliphatic rings. The molecule has 0 amide bonds. The van der Waals surface area contributed by atoms with Crippen molar-refractivity contribution in [2.24, 2.45) is 0 Å². The van der Waals surface area contributed by atoms with E-state index < -0.39 is 0 Å². The van der Waals surface area contributed by atoms with Gasteiger partial charge in [-0.1, -0.05) is 0 Å². The molecule has 2 N–H and O–H groups in total. The van der Waals surface area contributed by atoms with Gasteiger partial charge in [0.15, 0.2) is 5.82 Å². The van der Waals surface area contributed by atoms with Crippen LogP contribution in [0.25, 0.3) is 22.6 Å². The molecule has 5 heteroatoms. The van der Waals surface area contributed by atoms with Crippen molar-refractivity contribution in [3.05, 3.63) is 36.5 Å². The molecule has 2 heterocycles. The molecule has 0 radical (unpaired) electrons. The molecule has 5 nitrogen and oxygen atoms in total. The highest BCUT2D eigenvalue weighted by molar-refractivity contribution is 5.82. The molecule has 1 fully saturated rings. The van der Waals surface area contributed by atoms with Crippen LogP contribution >= 0.6 is 0 Å². The number of benzene rings is 1. The van der Waals surface area contributed by atoms with E-state index >= 15 is 0 Å². The molecule has 1 aromatic carbocycles. The zero-order valence-corrected chi connectivity index (χ0v) is 11.8. The molecule has 0 bridgehead atoms. The van der Waals surface area contributed by atoms with Crippen molar-refractivity contribution in [3.63, 3.8) is 0 Å². The lowest BCUT2D eigenvalue weighted by atomic mass is 10.3. The summed E-state index contributed by atoms with van der Waals surface area (Å²) in [6.45, 7) is 0. The van der Waals surface area contributed by atoms with Crippen LogP contribution in [-0.4, -0.2) is 21.6 Å². The maximum Gasteiger partial charge on any atom is 0.160 e. The first kappa shape index (κ1) is 12.2. The van der Waals surface area contributed by atoms with Crippen molar-refractivity contribution in [1.29, 1.82) is 0 Å². The quantitative estimate of drug-likeness (QED) is 0.801. The number of pyridine rings is 1. The summed E-state index contributed by atoms with van der Waals surface area (Å²) in [6, 6.07) is 10.3. The number of aromatic nitrogens is 3. The first-order chi connectivity index (χ1) is 10.3. The molecule has 0 spiro atoms. The molecular formula is C16H16N4O. The molecule has 4 rings (SSSR count). The Bertz CT molecular complexity index is 803. The fourth-order valence-electron chi connectivity index (χ4n) is 2.63. The summed E-state index contributed by atoms with van der Waals surface area (Å²) >= 11 is 0. The lowest BCUT2D eigenvalue weighted by Crippen LogP contribution is -1.99. The molecule has 0 atom stereocenters. The van der Waals surface area contributed by atoms with Crippen molar-refractivity contribution in [3.8, 4) is 17.3 Å². The van der Waals surface area contributed by atoms with Gasteiger partial charge in [-0.3, -0.25) is 4.98 Å². The number of nitrogens with two attached hydrogens (primary N) is 1. The Morgan fingerprint density at radius 1 is 1.24 bits per heavy atom. The summed E-state index contributed by atoms with van der Waals surface area (Å²) in [7, 11) is 1.67. The first-order valence-corrected chi connectivity index (χ1v) is 7.04. The van der Waals surface area contributed by atoms with Crippen LogP contribution in [0.3, 0.4) is 0 Å². The fraction of sp³-hybridized carbons (Fsp3) is 0.250. The molecule has 21 heavy (non-hydrogen) atoms. The molecular weight excluding hydrogens is 264 g/mol. The first-order valence-electron chi connectivity index (χ1n) is 7.04. The third kappa shape index (κ3) is 2.01. The van der Waals surface area contributed by atoms with Gasteiger partial charge in [0.2, 0.25) is 0 Å². The summed E-state index contributed by atoms with van der Waals surface area (Å²) in [5, 5.41) is 0. The highest BCUT2D eigenvalue weighted by Gasteiger charge is 2.29. The van der Waals surface area contributed by atoms with Crippen molar-refractivity contribution >= 4 is 16.7 Å². The van der Waals surface area contributed by atoms with Gasteiger partial charge in [-0.15, -0.1) is 0 Å². The van der Waals surface area contributed by atoms with Crippen LogP contribution in [0.4, 0.5) is 5.69 Å². The lowest BCUT2D eigenvalue weighted by molar-refractivity contribution is 0.415. The van der Waals surface area contributed by atoms with E-state index in [2.05, 4.69) is 15.6 Å². The number of fused-ring (bicyclic) bond motifs is 1. The predicted molar refractivity (Wildman–Crippen MR) is 82.2 cm³/mol. The average molecular weight is 280 g/mol. The minimum Gasteiger partial charge on any atom is -0.497 e. The van der Waals surface area contributed by atoms with E-state index in [0.29, 0.717) is 11.7 Å². The van der Waals surface area contributed by atoms with Crippen molar-refractivity contribution in [2.75, 3.05) is 12.8 Å². The summed E-state index contributed by atoms with van der Waals surface area (Å²) in [4.78, 5) is 9.18. The molecule has 106 valence electrons. The maximum atomic E-state index is 5.72. The zero-order chi connectivity index (χ0) is 14.4. The summed E-state index contributed by atoms with van der Waals surface area (Å²) < 4.78 is 7.57. The smallest absolute Gasteiger partial charge is 0.160 e. The Balaban J connectivity index is 1.94. The molecule has 1 saturated carbocycles. The van der Waals surface area contributed by atoms with E-state index in [1.54, 1.807) is 13.3 Å². The van der Waals surface area contributed by atoms with Crippen LogP contribution < -0.4 is 10.5 Å². The summed E-state index contributed by atoms with van der Waals surface area (Å²) in [5.74, 6) is 1.72. The Morgan fingerprint density at radius 2 is 2.10 bits per heavy atom. The molecule has 0 aliphatic heterocycles. The van der Waals surface area contributed by atoms with Gasteiger partial charge in [-0.25, -0.2) is 4.98 Å². The number of anilines is 1. The Kier molecular flexibility index (Phi) is 2.60. The normalized spacial score (nSPS) is 14.5. The lowest BCUT2D eigenvalue weighted by Gasteiger charge is -2.07. The van der Waals surface area contributed by atoms with Crippen LogP contribution in [0.5, 0.6) is 5.75 Å². The summed E-state index contributed by atoms with van der Waals surface area (Å²) in [6.07, 6.45) is 4.06. The maximum absolute atomic E-state index is 5.72. The van der Waals surface area contributed by atoms with E-state index in [0.717, 1.165) is 28.3 Å². The highest BCUT2D eigenvalue weighted by atomic mass is 16.5. The SMILES string of the molecule is COc1ccc2c(c1)nc(-c1ccc(N)cn1)n2C1CC1. The van der Waals surface area contributed by atoms with Gasteiger partial charge < -0.3 is 15.0 Å². The molecule has 0 saturated heterocycles. The second-order valence-corrected chi connectivity index (χ2v) is 5.37. The molecule has 2 aromatic heterocycles. The Morgan fingerprint density at radius 3 is 2.76 bits per heavy atom. The van der Waals surface area contributed by atoms with Gasteiger partial charge in [-0.05, 0) is 37.1 Å². The third-order valence-electron chi connectivity index (χ3n) is 3.82. The van der Waals surface area contributed by atoms with Gasteiger partial charge in [0.1, 0.15) is 11.4 Å². The van der Waals surface area contributed by atoms with Gasteiger partial charge in [0.05, 0.1) is 30.0 Å². The summed E-state index contributed by atoms with van der Waals surface area (Å²) in [5.41, 5.74) is 9.31. The van der Waals surface area contributed by atoms with Crippen LogP contribution in [0.1, 0.15) is 18.9 Å². The van der Waals surface area contributed by atoms with Crippen LogP contribution in [0.2, 0.25) is 0 Å². The van der Waals surface area contributed by atoms with Gasteiger partial charge >= 0.3 is 0 Å². The minimum atomic E-state index is 0.526. The average Bonchev–Trinajstić information content (AvgIpc) is 3.27. The van der Waals surface area contributed by atoms with Crippen LogP contribution in [-0.2, 0) is 0 Å². The number of ether oxygens (including phenoxy) is 1. The third-order valence-corrected chi connectivity index (χ3v) is 3.82. The van der Waals surface area contributed by atoms with E-state index in [-0.39, 0.29) is 0 Å².